The summed E-state index contributed by atoms with van der Waals surface area (Å²) in [7, 11) is 0. The Hall–Kier alpha value is -0.0800. The maximum Gasteiger partial charge on any atom is 0.0590 e. The van der Waals surface area contributed by atoms with Crippen LogP contribution in [0.25, 0.3) is 0 Å². The van der Waals surface area contributed by atoms with Gasteiger partial charge in [0.15, 0.2) is 0 Å². The van der Waals surface area contributed by atoms with Gasteiger partial charge in [-0.15, -0.1) is 0 Å². The quantitative estimate of drug-likeness (QED) is 0.727. The van der Waals surface area contributed by atoms with Crippen LogP contribution in [0.3, 0.4) is 0 Å². The number of rotatable bonds is 3. The Kier molecular flexibility index (Phi) is 3.23. The van der Waals surface area contributed by atoms with Crippen LogP contribution in [0, 0.1) is 5.92 Å². The lowest BCUT2D eigenvalue weighted by Gasteiger charge is -2.15. The molecule has 2 rings (SSSR count). The van der Waals surface area contributed by atoms with E-state index in [0.29, 0.717) is 12.1 Å². The fraction of sp³-hybridized carbons (Fsp3) is 1.00. The average molecular weight is 183 g/mol. The van der Waals surface area contributed by atoms with Crippen LogP contribution in [-0.2, 0) is 4.74 Å². The summed E-state index contributed by atoms with van der Waals surface area (Å²) in [5.41, 5.74) is 5.83. The normalized spacial score (nSPS) is 35.8. The van der Waals surface area contributed by atoms with E-state index in [2.05, 4.69) is 0 Å². The van der Waals surface area contributed by atoms with E-state index in [-0.39, 0.29) is 0 Å². The zero-order valence-corrected chi connectivity index (χ0v) is 8.37. The third-order valence-electron chi connectivity index (χ3n) is 3.47. The summed E-state index contributed by atoms with van der Waals surface area (Å²) >= 11 is 0. The summed E-state index contributed by atoms with van der Waals surface area (Å²) in [6, 6.07) is 0.411. The second kappa shape index (κ2) is 4.43. The van der Waals surface area contributed by atoms with Crippen LogP contribution in [0.2, 0.25) is 0 Å². The molecule has 2 fully saturated rings. The van der Waals surface area contributed by atoms with Gasteiger partial charge in [-0.2, -0.15) is 0 Å². The van der Waals surface area contributed by atoms with Crippen molar-refractivity contribution in [3.05, 3.63) is 0 Å². The minimum absolute atomic E-state index is 0.411. The SMILES string of the molecule is NC1CCC(OCC2CCCC2)C1. The standard InChI is InChI=1S/C11H21NO/c12-10-5-6-11(7-10)13-8-9-3-1-2-4-9/h9-11H,1-8,12H2. The Morgan fingerprint density at radius 3 is 2.46 bits per heavy atom. The summed E-state index contributed by atoms with van der Waals surface area (Å²) in [4.78, 5) is 0. The molecule has 0 radical (unpaired) electrons. The maximum atomic E-state index is 5.88. The summed E-state index contributed by atoms with van der Waals surface area (Å²) in [6.45, 7) is 0.997. The molecule has 2 unspecified atom stereocenters. The molecule has 0 aliphatic heterocycles. The molecule has 0 amide bonds. The molecule has 13 heavy (non-hydrogen) atoms. The molecular formula is C11H21NO. The lowest BCUT2D eigenvalue weighted by atomic mass is 10.1. The Morgan fingerprint density at radius 2 is 1.85 bits per heavy atom. The highest BCUT2D eigenvalue weighted by molar-refractivity contribution is 4.78. The van der Waals surface area contributed by atoms with Gasteiger partial charge in [0, 0.05) is 12.6 Å². The predicted octanol–water partition coefficient (Wildman–Crippen LogP) is 2.07. The van der Waals surface area contributed by atoms with Crippen molar-refractivity contribution >= 4 is 0 Å². The van der Waals surface area contributed by atoms with Crippen molar-refractivity contribution in [3.8, 4) is 0 Å². The van der Waals surface area contributed by atoms with E-state index < -0.39 is 0 Å². The second-order valence-electron chi connectivity index (χ2n) is 4.68. The molecule has 0 aromatic carbocycles. The summed E-state index contributed by atoms with van der Waals surface area (Å²) in [6.07, 6.45) is 9.53. The molecule has 0 aromatic rings. The van der Waals surface area contributed by atoms with Crippen LogP contribution >= 0.6 is 0 Å². The largest absolute Gasteiger partial charge is 0.378 e. The van der Waals surface area contributed by atoms with Gasteiger partial charge in [-0.25, -0.2) is 0 Å². The van der Waals surface area contributed by atoms with Crippen LogP contribution in [0.5, 0.6) is 0 Å². The average Bonchev–Trinajstić information content (AvgIpc) is 2.71. The Balaban J connectivity index is 1.62. The van der Waals surface area contributed by atoms with Gasteiger partial charge in [-0.1, -0.05) is 12.8 Å². The van der Waals surface area contributed by atoms with Crippen LogP contribution in [-0.4, -0.2) is 18.8 Å². The third kappa shape index (κ3) is 2.68. The van der Waals surface area contributed by atoms with Crippen molar-refractivity contribution in [2.75, 3.05) is 6.61 Å². The maximum absolute atomic E-state index is 5.88. The van der Waals surface area contributed by atoms with Gasteiger partial charge in [-0.05, 0) is 38.0 Å². The van der Waals surface area contributed by atoms with Crippen molar-refractivity contribution in [3.63, 3.8) is 0 Å². The van der Waals surface area contributed by atoms with Crippen LogP contribution in [0.1, 0.15) is 44.9 Å². The smallest absolute Gasteiger partial charge is 0.0590 e. The minimum Gasteiger partial charge on any atom is -0.378 e. The lowest BCUT2D eigenvalue weighted by molar-refractivity contribution is 0.0341. The van der Waals surface area contributed by atoms with Gasteiger partial charge in [0.2, 0.25) is 0 Å². The fourth-order valence-corrected chi connectivity index (χ4v) is 2.57. The number of ether oxygens (including phenoxy) is 1. The molecular weight excluding hydrogens is 162 g/mol. The number of hydrogen-bond acceptors (Lipinski definition) is 2. The monoisotopic (exact) mass is 183 g/mol. The van der Waals surface area contributed by atoms with Crippen molar-refractivity contribution in [2.24, 2.45) is 11.7 Å². The molecule has 0 spiro atoms. The first kappa shape index (κ1) is 9.47. The van der Waals surface area contributed by atoms with E-state index >= 15 is 0 Å². The minimum atomic E-state index is 0.411. The van der Waals surface area contributed by atoms with E-state index in [0.717, 1.165) is 25.4 Å². The Bertz CT molecular complexity index is 154. The first-order valence-corrected chi connectivity index (χ1v) is 5.72. The van der Waals surface area contributed by atoms with E-state index in [1.807, 2.05) is 0 Å². The second-order valence-corrected chi connectivity index (χ2v) is 4.68. The molecule has 2 atom stereocenters. The number of hydrogen-bond donors (Lipinski definition) is 1. The van der Waals surface area contributed by atoms with Crippen molar-refractivity contribution < 1.29 is 4.74 Å². The molecule has 2 nitrogen and oxygen atoms in total. The molecule has 76 valence electrons. The molecule has 2 N–H and O–H groups in total. The topological polar surface area (TPSA) is 35.2 Å². The zero-order valence-electron chi connectivity index (χ0n) is 8.37. The van der Waals surface area contributed by atoms with E-state index in [4.69, 9.17) is 10.5 Å². The van der Waals surface area contributed by atoms with Crippen LogP contribution in [0.4, 0.5) is 0 Å². The van der Waals surface area contributed by atoms with Gasteiger partial charge >= 0.3 is 0 Å². The molecule has 2 saturated carbocycles. The van der Waals surface area contributed by atoms with Gasteiger partial charge < -0.3 is 10.5 Å². The third-order valence-corrected chi connectivity index (χ3v) is 3.47. The summed E-state index contributed by atoms with van der Waals surface area (Å²) in [5, 5.41) is 0. The first-order chi connectivity index (χ1) is 6.34. The highest BCUT2D eigenvalue weighted by Gasteiger charge is 2.24. The van der Waals surface area contributed by atoms with Gasteiger partial charge in [0.25, 0.3) is 0 Å². The highest BCUT2D eigenvalue weighted by Crippen LogP contribution is 2.27. The zero-order chi connectivity index (χ0) is 9.10. The highest BCUT2D eigenvalue weighted by atomic mass is 16.5. The lowest BCUT2D eigenvalue weighted by Crippen LogP contribution is -2.19. The van der Waals surface area contributed by atoms with Crippen LogP contribution < -0.4 is 5.73 Å². The van der Waals surface area contributed by atoms with Crippen LogP contribution in [0.15, 0.2) is 0 Å². The molecule has 2 heteroatoms. The molecule has 0 aromatic heterocycles. The van der Waals surface area contributed by atoms with Gasteiger partial charge in [0.05, 0.1) is 6.10 Å². The summed E-state index contributed by atoms with van der Waals surface area (Å²) < 4.78 is 5.88. The first-order valence-electron chi connectivity index (χ1n) is 5.72. The molecule has 2 aliphatic carbocycles. The predicted molar refractivity (Wildman–Crippen MR) is 53.5 cm³/mol. The van der Waals surface area contributed by atoms with Crippen molar-refractivity contribution in [2.45, 2.75) is 57.1 Å². The van der Waals surface area contributed by atoms with E-state index in [9.17, 15) is 0 Å². The van der Waals surface area contributed by atoms with E-state index in [1.165, 1.54) is 32.1 Å². The molecule has 2 aliphatic rings. The van der Waals surface area contributed by atoms with Gasteiger partial charge in [0.1, 0.15) is 0 Å². The van der Waals surface area contributed by atoms with Crippen molar-refractivity contribution in [1.82, 2.24) is 0 Å². The Labute approximate surface area is 80.8 Å². The summed E-state index contributed by atoms with van der Waals surface area (Å²) in [5.74, 6) is 0.858. The van der Waals surface area contributed by atoms with Crippen molar-refractivity contribution in [1.29, 1.82) is 0 Å². The Morgan fingerprint density at radius 1 is 1.08 bits per heavy atom. The molecule has 0 heterocycles. The van der Waals surface area contributed by atoms with Gasteiger partial charge in [-0.3, -0.25) is 0 Å². The van der Waals surface area contributed by atoms with E-state index in [1.54, 1.807) is 0 Å². The molecule has 0 bridgehead atoms. The molecule has 0 saturated heterocycles. The number of nitrogens with two attached hydrogens (primary N) is 1. The fourth-order valence-electron chi connectivity index (χ4n) is 2.57.